The maximum Gasteiger partial charge on any atom is 0.177 e. The molecule has 1 fully saturated rings. The molecule has 2 aromatic heterocycles. The van der Waals surface area contributed by atoms with Gasteiger partial charge in [0.05, 0.1) is 19.3 Å². The van der Waals surface area contributed by atoms with Crippen LogP contribution in [0.3, 0.4) is 0 Å². The number of ether oxygens (including phenoxy) is 1. The van der Waals surface area contributed by atoms with E-state index in [1.807, 2.05) is 41.5 Å². The molecule has 0 aliphatic heterocycles. The van der Waals surface area contributed by atoms with E-state index in [-0.39, 0.29) is 0 Å². The third-order valence-electron chi connectivity index (χ3n) is 4.41. The Kier molecular flexibility index (Phi) is 3.59. The van der Waals surface area contributed by atoms with E-state index in [1.54, 1.807) is 7.11 Å². The number of benzene rings is 1. The smallest absolute Gasteiger partial charge is 0.177 e. The second kappa shape index (κ2) is 5.78. The van der Waals surface area contributed by atoms with E-state index in [2.05, 4.69) is 27.3 Å². The van der Waals surface area contributed by atoms with Crippen LogP contribution >= 0.6 is 0 Å². The van der Waals surface area contributed by atoms with Crippen molar-refractivity contribution in [1.82, 2.24) is 24.5 Å². The average molecular weight is 323 g/mol. The molecule has 0 atom stereocenters. The van der Waals surface area contributed by atoms with Gasteiger partial charge < -0.3 is 4.74 Å². The monoisotopic (exact) mass is 323 g/mol. The number of methoxy groups -OCH3 is 1. The van der Waals surface area contributed by atoms with Gasteiger partial charge in [0.2, 0.25) is 0 Å². The Morgan fingerprint density at radius 2 is 2.00 bits per heavy atom. The molecule has 6 heteroatoms. The average Bonchev–Trinajstić information content (AvgIpc) is 3.27. The zero-order valence-corrected chi connectivity index (χ0v) is 14.2. The third-order valence-corrected chi connectivity index (χ3v) is 4.41. The predicted octanol–water partition coefficient (Wildman–Crippen LogP) is 2.92. The maximum atomic E-state index is 5.46. The van der Waals surface area contributed by atoms with Gasteiger partial charge in [0.1, 0.15) is 17.3 Å². The zero-order valence-electron chi connectivity index (χ0n) is 14.2. The van der Waals surface area contributed by atoms with Crippen LogP contribution in [-0.4, -0.2) is 31.7 Å². The van der Waals surface area contributed by atoms with Crippen LogP contribution in [0.5, 0.6) is 5.75 Å². The lowest BCUT2D eigenvalue weighted by atomic mass is 10.2. The second-order valence-electron chi connectivity index (χ2n) is 6.30. The Bertz CT molecular complexity index is 875. The van der Waals surface area contributed by atoms with Crippen molar-refractivity contribution in [2.75, 3.05) is 7.11 Å². The number of nitrogens with zero attached hydrogens (tertiary/aromatic N) is 5. The summed E-state index contributed by atoms with van der Waals surface area (Å²) in [5.74, 6) is 3.09. The largest absolute Gasteiger partial charge is 0.496 e. The lowest BCUT2D eigenvalue weighted by Crippen LogP contribution is -2.07. The minimum absolute atomic E-state index is 0.615. The van der Waals surface area contributed by atoms with Crippen molar-refractivity contribution in [3.05, 3.63) is 47.4 Å². The van der Waals surface area contributed by atoms with Gasteiger partial charge in [-0.25, -0.2) is 9.67 Å². The lowest BCUT2D eigenvalue weighted by molar-refractivity contribution is 0.407. The van der Waals surface area contributed by atoms with Crippen molar-refractivity contribution < 1.29 is 4.74 Å². The SMILES string of the molecule is COc1ccccc1Cn1nc(C)nc1-c1cc(C2CC2)nn1C. The first-order chi connectivity index (χ1) is 11.7. The van der Waals surface area contributed by atoms with E-state index < -0.39 is 0 Å². The fourth-order valence-corrected chi connectivity index (χ4v) is 3.03. The molecule has 0 bridgehead atoms. The van der Waals surface area contributed by atoms with Gasteiger partial charge in [-0.05, 0) is 31.9 Å². The van der Waals surface area contributed by atoms with Crippen LogP contribution in [0, 0.1) is 6.92 Å². The predicted molar refractivity (Wildman–Crippen MR) is 91.0 cm³/mol. The first-order valence-electron chi connectivity index (χ1n) is 8.23. The first kappa shape index (κ1) is 14.9. The van der Waals surface area contributed by atoms with E-state index in [4.69, 9.17) is 4.74 Å². The topological polar surface area (TPSA) is 57.8 Å². The van der Waals surface area contributed by atoms with Gasteiger partial charge in [0.15, 0.2) is 5.82 Å². The summed E-state index contributed by atoms with van der Waals surface area (Å²) in [6, 6.07) is 10.2. The normalized spacial score (nSPS) is 14.1. The molecule has 1 saturated carbocycles. The van der Waals surface area contributed by atoms with Crippen LogP contribution in [0.4, 0.5) is 0 Å². The highest BCUT2D eigenvalue weighted by molar-refractivity contribution is 5.52. The van der Waals surface area contributed by atoms with Crippen LogP contribution in [0.1, 0.15) is 35.8 Å². The van der Waals surface area contributed by atoms with Gasteiger partial charge in [0, 0.05) is 18.5 Å². The molecule has 6 nitrogen and oxygen atoms in total. The van der Waals surface area contributed by atoms with Crippen molar-refractivity contribution in [1.29, 1.82) is 0 Å². The second-order valence-corrected chi connectivity index (χ2v) is 6.30. The van der Waals surface area contributed by atoms with Gasteiger partial charge in [0.25, 0.3) is 0 Å². The summed E-state index contributed by atoms with van der Waals surface area (Å²) >= 11 is 0. The Labute approximate surface area is 141 Å². The number of rotatable bonds is 5. The highest BCUT2D eigenvalue weighted by atomic mass is 16.5. The van der Waals surface area contributed by atoms with Gasteiger partial charge in [-0.15, -0.1) is 0 Å². The molecule has 0 saturated heterocycles. The van der Waals surface area contributed by atoms with E-state index >= 15 is 0 Å². The highest BCUT2D eigenvalue weighted by Crippen LogP contribution is 2.40. The molecule has 124 valence electrons. The van der Waals surface area contributed by atoms with Gasteiger partial charge in [-0.2, -0.15) is 10.2 Å². The number of hydrogen-bond acceptors (Lipinski definition) is 4. The number of aryl methyl sites for hydroxylation is 2. The van der Waals surface area contributed by atoms with Crippen LogP contribution in [0.15, 0.2) is 30.3 Å². The van der Waals surface area contributed by atoms with Crippen LogP contribution < -0.4 is 4.74 Å². The van der Waals surface area contributed by atoms with Crippen molar-refractivity contribution in [3.8, 4) is 17.3 Å². The standard InChI is InChI=1S/C18H21N5O/c1-12-19-18(16-10-15(13-8-9-13)21-22(16)2)23(20-12)11-14-6-4-5-7-17(14)24-3/h4-7,10,13H,8-9,11H2,1-3H3. The maximum absolute atomic E-state index is 5.46. The van der Waals surface area contributed by atoms with E-state index in [9.17, 15) is 0 Å². The molecule has 3 aromatic rings. The lowest BCUT2D eigenvalue weighted by Gasteiger charge is -2.10. The molecule has 0 amide bonds. The molecule has 1 aliphatic carbocycles. The van der Waals surface area contributed by atoms with Gasteiger partial charge in [-0.3, -0.25) is 4.68 Å². The molecule has 1 aromatic carbocycles. The fourth-order valence-electron chi connectivity index (χ4n) is 3.03. The molecule has 4 rings (SSSR count). The minimum Gasteiger partial charge on any atom is -0.496 e. The first-order valence-corrected chi connectivity index (χ1v) is 8.23. The summed E-state index contributed by atoms with van der Waals surface area (Å²) in [6.45, 7) is 2.53. The minimum atomic E-state index is 0.615. The summed E-state index contributed by atoms with van der Waals surface area (Å²) in [7, 11) is 3.66. The summed E-state index contributed by atoms with van der Waals surface area (Å²) in [6.07, 6.45) is 2.48. The molecule has 0 N–H and O–H groups in total. The Morgan fingerprint density at radius 3 is 2.75 bits per heavy atom. The molecule has 0 unspecified atom stereocenters. The molecule has 24 heavy (non-hydrogen) atoms. The zero-order chi connectivity index (χ0) is 16.7. The van der Waals surface area contributed by atoms with Crippen LogP contribution in [0.2, 0.25) is 0 Å². The summed E-state index contributed by atoms with van der Waals surface area (Å²) in [5, 5.41) is 9.23. The Balaban J connectivity index is 1.73. The molecule has 0 spiro atoms. The summed E-state index contributed by atoms with van der Waals surface area (Å²) in [5.41, 5.74) is 3.25. The van der Waals surface area contributed by atoms with Crippen molar-refractivity contribution >= 4 is 0 Å². The third kappa shape index (κ3) is 2.68. The molecule has 0 radical (unpaired) electrons. The number of hydrogen-bond donors (Lipinski definition) is 0. The summed E-state index contributed by atoms with van der Waals surface area (Å²) in [4.78, 5) is 4.64. The van der Waals surface area contributed by atoms with Crippen LogP contribution in [0.25, 0.3) is 11.5 Å². The van der Waals surface area contributed by atoms with E-state index in [1.165, 1.54) is 12.8 Å². The number of para-hydroxylation sites is 1. The molecule has 2 heterocycles. The fraction of sp³-hybridized carbons (Fsp3) is 0.389. The van der Waals surface area contributed by atoms with Crippen LogP contribution in [-0.2, 0) is 13.6 Å². The van der Waals surface area contributed by atoms with E-state index in [0.29, 0.717) is 12.5 Å². The molecular formula is C18H21N5O. The van der Waals surface area contributed by atoms with Gasteiger partial charge >= 0.3 is 0 Å². The van der Waals surface area contributed by atoms with Crippen molar-refractivity contribution in [3.63, 3.8) is 0 Å². The van der Waals surface area contributed by atoms with Crippen molar-refractivity contribution in [2.24, 2.45) is 7.05 Å². The van der Waals surface area contributed by atoms with Gasteiger partial charge in [-0.1, -0.05) is 18.2 Å². The molecular weight excluding hydrogens is 302 g/mol. The molecule has 1 aliphatic rings. The highest BCUT2D eigenvalue weighted by Gasteiger charge is 2.28. The Morgan fingerprint density at radius 1 is 1.21 bits per heavy atom. The number of aromatic nitrogens is 5. The summed E-state index contributed by atoms with van der Waals surface area (Å²) < 4.78 is 9.30. The Hall–Kier alpha value is -2.63. The van der Waals surface area contributed by atoms with Crippen molar-refractivity contribution in [2.45, 2.75) is 32.2 Å². The quantitative estimate of drug-likeness (QED) is 0.724. The van der Waals surface area contributed by atoms with E-state index in [0.717, 1.165) is 34.3 Å².